The molecule has 4 rings (SSSR count). The van der Waals surface area contributed by atoms with Crippen molar-refractivity contribution < 1.29 is 27.1 Å². The Morgan fingerprint density at radius 1 is 1.06 bits per heavy atom. The van der Waals surface area contributed by atoms with Crippen molar-refractivity contribution in [1.82, 2.24) is 19.7 Å². The fourth-order valence-electron chi connectivity index (χ4n) is 3.21. The molecular formula is C20H15F4N7O2. The van der Waals surface area contributed by atoms with E-state index in [-0.39, 0.29) is 51.9 Å². The van der Waals surface area contributed by atoms with E-state index in [1.807, 2.05) is 0 Å². The van der Waals surface area contributed by atoms with Gasteiger partial charge < -0.3 is 16.2 Å². The molecule has 2 aromatic carbocycles. The number of anilines is 3. The Morgan fingerprint density at radius 2 is 1.76 bits per heavy atom. The molecule has 13 heteroatoms. The van der Waals surface area contributed by atoms with Crippen molar-refractivity contribution in [3.05, 3.63) is 64.9 Å². The van der Waals surface area contributed by atoms with Crippen molar-refractivity contribution in [3.63, 3.8) is 0 Å². The molecular weight excluding hydrogens is 446 g/mol. The summed E-state index contributed by atoms with van der Waals surface area (Å²) in [5.74, 6) is -4.78. The summed E-state index contributed by atoms with van der Waals surface area (Å²) in [5.41, 5.74) is 11.7. The zero-order valence-electron chi connectivity index (χ0n) is 16.9. The second kappa shape index (κ2) is 8.26. The maximum Gasteiger partial charge on any atom is 0.411 e. The highest BCUT2D eigenvalue weighted by Gasteiger charge is 2.20. The van der Waals surface area contributed by atoms with Crippen molar-refractivity contribution in [2.24, 2.45) is 0 Å². The summed E-state index contributed by atoms with van der Waals surface area (Å²) >= 11 is 0. The molecule has 170 valence electrons. The van der Waals surface area contributed by atoms with E-state index in [4.69, 9.17) is 11.5 Å². The van der Waals surface area contributed by atoms with E-state index in [1.165, 1.54) is 6.07 Å². The van der Waals surface area contributed by atoms with Gasteiger partial charge in [0.25, 0.3) is 5.95 Å². The van der Waals surface area contributed by atoms with Gasteiger partial charge in [0.1, 0.15) is 17.3 Å². The number of nitrogens with zero attached hydrogens (tertiary/aromatic N) is 4. The van der Waals surface area contributed by atoms with Gasteiger partial charge >= 0.3 is 6.09 Å². The highest BCUT2D eigenvalue weighted by molar-refractivity contribution is 5.92. The van der Waals surface area contributed by atoms with Crippen LogP contribution in [0.5, 0.6) is 0 Å². The number of amides is 1. The molecule has 0 spiro atoms. The first-order valence-electron chi connectivity index (χ1n) is 9.26. The number of halogens is 4. The summed E-state index contributed by atoms with van der Waals surface area (Å²) < 4.78 is 61.1. The lowest BCUT2D eigenvalue weighted by atomic mass is 10.1. The van der Waals surface area contributed by atoms with Crippen LogP contribution in [0, 0.1) is 23.3 Å². The van der Waals surface area contributed by atoms with Crippen LogP contribution in [-0.2, 0) is 11.2 Å². The van der Waals surface area contributed by atoms with Crippen LogP contribution in [0.15, 0.2) is 30.3 Å². The van der Waals surface area contributed by atoms with E-state index in [0.29, 0.717) is 6.07 Å². The summed E-state index contributed by atoms with van der Waals surface area (Å²) in [4.78, 5) is 19.6. The molecule has 0 aliphatic rings. The molecule has 0 bridgehead atoms. The quantitative estimate of drug-likeness (QED) is 0.314. The molecule has 0 radical (unpaired) electrons. The summed E-state index contributed by atoms with van der Waals surface area (Å²) in [6.07, 6.45) is -1.21. The number of nitrogens with two attached hydrogens (primary N) is 2. The number of benzene rings is 2. The van der Waals surface area contributed by atoms with Crippen molar-refractivity contribution in [2.75, 3.05) is 23.9 Å². The minimum absolute atomic E-state index is 0.0888. The normalized spacial score (nSPS) is 11.1. The van der Waals surface area contributed by atoms with E-state index in [1.54, 1.807) is 0 Å². The lowest BCUT2D eigenvalue weighted by Gasteiger charge is -2.11. The largest absolute Gasteiger partial charge is 0.453 e. The minimum atomic E-state index is -1.36. The van der Waals surface area contributed by atoms with Crippen LogP contribution < -0.4 is 16.8 Å². The van der Waals surface area contributed by atoms with Crippen molar-refractivity contribution >= 4 is 34.3 Å². The predicted molar refractivity (Wildman–Crippen MR) is 111 cm³/mol. The Morgan fingerprint density at radius 3 is 2.42 bits per heavy atom. The maximum atomic E-state index is 14.2. The lowest BCUT2D eigenvalue weighted by Crippen LogP contribution is -2.17. The van der Waals surface area contributed by atoms with Gasteiger partial charge in [-0.05, 0) is 29.8 Å². The third-order valence-electron chi connectivity index (χ3n) is 4.70. The summed E-state index contributed by atoms with van der Waals surface area (Å²) in [6, 6.07) is 4.87. The Kier molecular flexibility index (Phi) is 5.45. The summed E-state index contributed by atoms with van der Waals surface area (Å²) in [5, 5.41) is 6.77. The van der Waals surface area contributed by atoms with E-state index in [9.17, 15) is 22.4 Å². The number of carbonyl (C=O) groups is 1. The van der Waals surface area contributed by atoms with Crippen LogP contribution in [0.4, 0.5) is 39.7 Å². The molecule has 0 unspecified atom stereocenters. The molecule has 9 nitrogen and oxygen atoms in total. The second-order valence-corrected chi connectivity index (χ2v) is 6.84. The second-order valence-electron chi connectivity index (χ2n) is 6.84. The number of rotatable bonds is 4. The Balaban J connectivity index is 1.85. The zero-order chi connectivity index (χ0) is 23.9. The minimum Gasteiger partial charge on any atom is -0.453 e. The average molecular weight is 461 g/mol. The van der Waals surface area contributed by atoms with E-state index < -0.39 is 29.4 Å². The summed E-state index contributed by atoms with van der Waals surface area (Å²) in [7, 11) is 1.14. The Bertz CT molecular complexity index is 1380. The molecule has 0 saturated carbocycles. The van der Waals surface area contributed by atoms with E-state index in [0.717, 1.165) is 30.0 Å². The van der Waals surface area contributed by atoms with Crippen LogP contribution in [0.25, 0.3) is 16.9 Å². The number of hydrogen-bond donors (Lipinski definition) is 3. The van der Waals surface area contributed by atoms with Crippen molar-refractivity contribution in [1.29, 1.82) is 0 Å². The van der Waals surface area contributed by atoms with Gasteiger partial charge in [-0.1, -0.05) is 0 Å². The molecule has 0 saturated heterocycles. The number of methoxy groups -OCH3 is 1. The van der Waals surface area contributed by atoms with Crippen LogP contribution in [0.2, 0.25) is 0 Å². The first-order chi connectivity index (χ1) is 15.7. The lowest BCUT2D eigenvalue weighted by molar-refractivity contribution is 0.187. The fourth-order valence-corrected chi connectivity index (χ4v) is 3.21. The number of carbonyl (C=O) groups excluding carboxylic acids is 1. The number of aromatic nitrogens is 4. The van der Waals surface area contributed by atoms with Gasteiger partial charge in [-0.15, -0.1) is 0 Å². The Hall–Kier alpha value is -4.42. The molecule has 4 aromatic rings. The SMILES string of the molecule is COC(=O)Nc1c(N)nc(-n2nc(Cc3cc(F)cc(F)c3F)c3cc(F)ccc32)nc1N. The molecule has 0 atom stereocenters. The van der Waals surface area contributed by atoms with Crippen molar-refractivity contribution in [3.8, 4) is 5.95 Å². The monoisotopic (exact) mass is 461 g/mol. The molecule has 2 aromatic heterocycles. The molecule has 1 amide bonds. The predicted octanol–water partition coefficient (Wildman–Crippen LogP) is 3.31. The molecule has 0 aliphatic carbocycles. The number of ether oxygens (including phenoxy) is 1. The molecule has 33 heavy (non-hydrogen) atoms. The van der Waals surface area contributed by atoms with E-state index in [2.05, 4.69) is 25.1 Å². The number of nitrogen functional groups attached to an aromatic ring is 2. The number of fused-ring (bicyclic) bond motifs is 1. The van der Waals surface area contributed by atoms with Gasteiger partial charge in [-0.25, -0.2) is 22.4 Å². The number of hydrogen-bond acceptors (Lipinski definition) is 7. The number of nitrogens with one attached hydrogen (secondary N) is 1. The zero-order valence-corrected chi connectivity index (χ0v) is 16.9. The molecule has 5 N–H and O–H groups in total. The highest BCUT2D eigenvalue weighted by atomic mass is 19.2. The van der Waals surface area contributed by atoms with Gasteiger partial charge in [-0.2, -0.15) is 19.7 Å². The summed E-state index contributed by atoms with van der Waals surface area (Å²) in [6.45, 7) is 0. The topological polar surface area (TPSA) is 134 Å². The maximum absolute atomic E-state index is 14.2. The molecule has 2 heterocycles. The van der Waals surface area contributed by atoms with Crippen LogP contribution >= 0.6 is 0 Å². The standard InChI is InChI=1S/C20H15F4N7O2/c1-33-20(32)27-16-17(25)28-19(29-18(16)26)31-14-3-2-9(21)6-11(14)13(30-31)5-8-4-10(22)7-12(23)15(8)24/h2-4,6-7H,5H2,1H3,(H,27,32)(H4,25,26,28,29). The van der Waals surface area contributed by atoms with Crippen LogP contribution in [-0.4, -0.2) is 33.0 Å². The first-order valence-corrected chi connectivity index (χ1v) is 9.26. The van der Waals surface area contributed by atoms with Crippen LogP contribution in [0.1, 0.15) is 11.3 Å². The van der Waals surface area contributed by atoms with Gasteiger partial charge in [0.05, 0.1) is 18.3 Å². The fraction of sp³-hybridized carbons (Fsp3) is 0.100. The Labute approximate surface area is 183 Å². The molecule has 0 aliphatic heterocycles. The van der Waals surface area contributed by atoms with Crippen LogP contribution in [0.3, 0.4) is 0 Å². The highest BCUT2D eigenvalue weighted by Crippen LogP contribution is 2.28. The van der Waals surface area contributed by atoms with Crippen molar-refractivity contribution in [2.45, 2.75) is 6.42 Å². The van der Waals surface area contributed by atoms with Gasteiger partial charge in [0.2, 0.25) is 0 Å². The van der Waals surface area contributed by atoms with E-state index >= 15 is 0 Å². The van der Waals surface area contributed by atoms with Gasteiger partial charge in [-0.3, -0.25) is 5.32 Å². The van der Waals surface area contributed by atoms with Gasteiger partial charge in [0.15, 0.2) is 23.3 Å². The van der Waals surface area contributed by atoms with Gasteiger partial charge in [0, 0.05) is 17.9 Å². The third kappa shape index (κ3) is 4.07. The first kappa shape index (κ1) is 21.8. The molecule has 0 fully saturated rings. The average Bonchev–Trinajstić information content (AvgIpc) is 3.11. The third-order valence-corrected chi connectivity index (χ3v) is 4.70. The smallest absolute Gasteiger partial charge is 0.411 e.